The smallest absolute Gasteiger partial charge is 0.303 e. The van der Waals surface area contributed by atoms with Gasteiger partial charge in [0.2, 0.25) is 0 Å². The molecule has 1 aromatic rings. The number of rotatable bonds is 6. The third kappa shape index (κ3) is 6.04. The van der Waals surface area contributed by atoms with E-state index >= 15 is 0 Å². The van der Waals surface area contributed by atoms with Crippen LogP contribution in [0.1, 0.15) is 18.4 Å². The van der Waals surface area contributed by atoms with Gasteiger partial charge in [0.05, 0.1) is 12.5 Å². The van der Waals surface area contributed by atoms with Crippen molar-refractivity contribution in [1.29, 1.82) is 0 Å². The molecule has 0 aliphatic rings. The van der Waals surface area contributed by atoms with Crippen LogP contribution >= 0.6 is 12.4 Å². The van der Waals surface area contributed by atoms with Crippen molar-refractivity contribution in [2.24, 2.45) is 5.73 Å². The lowest BCUT2D eigenvalue weighted by atomic mass is 10.0. The molecule has 3 N–H and O–H groups in total. The monoisotopic (exact) mass is 257 g/mol. The zero-order chi connectivity index (χ0) is 12.0. The second kappa shape index (κ2) is 7.81. The van der Waals surface area contributed by atoms with E-state index in [-0.39, 0.29) is 31.0 Å². The van der Waals surface area contributed by atoms with Crippen molar-refractivity contribution in [3.63, 3.8) is 0 Å². The van der Waals surface area contributed by atoms with Gasteiger partial charge in [0.15, 0.2) is 0 Å². The number of benzene rings is 1. The summed E-state index contributed by atoms with van der Waals surface area (Å²) < 4.78 is 0. The zero-order valence-electron chi connectivity index (χ0n) is 9.33. The quantitative estimate of drug-likeness (QED) is 0.808. The molecule has 0 saturated heterocycles. The van der Waals surface area contributed by atoms with E-state index < -0.39 is 12.0 Å². The first-order valence-electron chi connectivity index (χ1n) is 5.13. The van der Waals surface area contributed by atoms with Gasteiger partial charge in [0, 0.05) is 6.42 Å². The fraction of sp³-hybridized carbons (Fsp3) is 0.333. The van der Waals surface area contributed by atoms with Gasteiger partial charge < -0.3 is 10.8 Å². The number of carbonyl (C=O) groups is 2. The number of carboxylic acids is 1. The summed E-state index contributed by atoms with van der Waals surface area (Å²) in [4.78, 5) is 21.8. The molecule has 94 valence electrons. The molecule has 0 fully saturated rings. The minimum absolute atomic E-state index is 0. The van der Waals surface area contributed by atoms with Crippen LogP contribution in [0.25, 0.3) is 0 Å². The average Bonchev–Trinajstić information content (AvgIpc) is 2.27. The molecule has 0 aliphatic carbocycles. The highest BCUT2D eigenvalue weighted by Gasteiger charge is 2.14. The molecular formula is C12H16ClNO3. The number of halogens is 1. The normalized spacial score (nSPS) is 11.4. The number of nitrogens with two attached hydrogens (primary N) is 1. The maximum absolute atomic E-state index is 11.5. The molecule has 0 radical (unpaired) electrons. The summed E-state index contributed by atoms with van der Waals surface area (Å²) in [7, 11) is 0. The first-order valence-corrected chi connectivity index (χ1v) is 5.13. The van der Waals surface area contributed by atoms with Gasteiger partial charge in [-0.3, -0.25) is 9.59 Å². The summed E-state index contributed by atoms with van der Waals surface area (Å²) in [6.45, 7) is 0. The molecule has 0 saturated carbocycles. The predicted octanol–water partition coefficient (Wildman–Crippen LogP) is 1.41. The van der Waals surface area contributed by atoms with Gasteiger partial charge in [-0.25, -0.2) is 0 Å². The maximum Gasteiger partial charge on any atom is 0.303 e. The number of ketones is 1. The summed E-state index contributed by atoms with van der Waals surface area (Å²) in [6.07, 6.45) is 0.309. The standard InChI is InChI=1S/C12H15NO3.ClH/c13-10(11(14)6-7-12(15)16)8-9-4-2-1-3-5-9;/h1-5,10H,6-8,13H2,(H,15,16);1H. The SMILES string of the molecule is Cl.NC(Cc1ccccc1)C(=O)CCC(=O)O. The molecule has 17 heavy (non-hydrogen) atoms. The van der Waals surface area contributed by atoms with E-state index in [1.165, 1.54) is 0 Å². The first kappa shape index (κ1) is 15.6. The second-order valence-corrected chi connectivity index (χ2v) is 3.66. The largest absolute Gasteiger partial charge is 0.481 e. The third-order valence-electron chi connectivity index (χ3n) is 2.30. The predicted molar refractivity (Wildman–Crippen MR) is 67.2 cm³/mol. The van der Waals surface area contributed by atoms with Crippen LogP contribution in [0.3, 0.4) is 0 Å². The lowest BCUT2D eigenvalue weighted by Crippen LogP contribution is -2.32. The first-order chi connectivity index (χ1) is 7.59. The third-order valence-corrected chi connectivity index (χ3v) is 2.30. The topological polar surface area (TPSA) is 80.4 Å². The van der Waals surface area contributed by atoms with Crippen molar-refractivity contribution in [2.45, 2.75) is 25.3 Å². The van der Waals surface area contributed by atoms with Gasteiger partial charge in [0.1, 0.15) is 5.78 Å². The fourth-order valence-electron chi connectivity index (χ4n) is 1.40. The molecule has 0 amide bonds. The Kier molecular flexibility index (Phi) is 7.18. The molecular weight excluding hydrogens is 242 g/mol. The van der Waals surface area contributed by atoms with Crippen molar-refractivity contribution >= 4 is 24.2 Å². The minimum atomic E-state index is -0.972. The summed E-state index contributed by atoms with van der Waals surface area (Å²) in [5, 5.41) is 8.44. The van der Waals surface area contributed by atoms with E-state index in [1.807, 2.05) is 30.3 Å². The molecule has 1 atom stereocenters. The zero-order valence-corrected chi connectivity index (χ0v) is 10.2. The van der Waals surface area contributed by atoms with Gasteiger partial charge in [0.25, 0.3) is 0 Å². The van der Waals surface area contributed by atoms with Crippen molar-refractivity contribution < 1.29 is 14.7 Å². The molecule has 1 unspecified atom stereocenters. The molecule has 0 bridgehead atoms. The maximum atomic E-state index is 11.5. The number of hydrogen-bond donors (Lipinski definition) is 2. The minimum Gasteiger partial charge on any atom is -0.481 e. The number of Topliss-reactive ketones (excluding diaryl/α,β-unsaturated/α-hetero) is 1. The van der Waals surface area contributed by atoms with Crippen LogP contribution in [0.5, 0.6) is 0 Å². The number of aliphatic carboxylic acids is 1. The van der Waals surface area contributed by atoms with Gasteiger partial charge in [-0.1, -0.05) is 30.3 Å². The summed E-state index contributed by atoms with van der Waals surface area (Å²) in [5.74, 6) is -1.17. The lowest BCUT2D eigenvalue weighted by molar-refractivity contribution is -0.138. The number of carboxylic acid groups (broad SMARTS) is 1. The Morgan fingerprint density at radius 3 is 2.29 bits per heavy atom. The van der Waals surface area contributed by atoms with E-state index in [1.54, 1.807) is 0 Å². The Morgan fingerprint density at radius 2 is 1.76 bits per heavy atom. The van der Waals surface area contributed by atoms with Crippen LogP contribution < -0.4 is 5.73 Å². The van der Waals surface area contributed by atoms with Crippen LogP contribution in [0.2, 0.25) is 0 Å². The van der Waals surface area contributed by atoms with Crippen molar-refractivity contribution in [3.8, 4) is 0 Å². The Hall–Kier alpha value is -1.39. The van der Waals surface area contributed by atoms with E-state index in [4.69, 9.17) is 10.8 Å². The summed E-state index contributed by atoms with van der Waals surface area (Å²) >= 11 is 0. The van der Waals surface area contributed by atoms with Crippen LogP contribution in [0.15, 0.2) is 30.3 Å². The molecule has 5 heteroatoms. The van der Waals surface area contributed by atoms with Crippen molar-refractivity contribution in [3.05, 3.63) is 35.9 Å². The molecule has 0 heterocycles. The molecule has 1 rings (SSSR count). The van der Waals surface area contributed by atoms with E-state index in [9.17, 15) is 9.59 Å². The highest BCUT2D eigenvalue weighted by molar-refractivity contribution is 5.86. The van der Waals surface area contributed by atoms with Gasteiger partial charge in [-0.15, -0.1) is 12.4 Å². The van der Waals surface area contributed by atoms with Gasteiger partial charge in [-0.05, 0) is 12.0 Å². The van der Waals surface area contributed by atoms with E-state index in [0.29, 0.717) is 6.42 Å². The van der Waals surface area contributed by atoms with E-state index in [2.05, 4.69) is 0 Å². The number of hydrogen-bond acceptors (Lipinski definition) is 3. The van der Waals surface area contributed by atoms with Gasteiger partial charge in [-0.2, -0.15) is 0 Å². The molecule has 4 nitrogen and oxygen atoms in total. The Morgan fingerprint density at radius 1 is 1.18 bits per heavy atom. The van der Waals surface area contributed by atoms with E-state index in [0.717, 1.165) is 5.56 Å². The van der Waals surface area contributed by atoms with Crippen molar-refractivity contribution in [1.82, 2.24) is 0 Å². The van der Waals surface area contributed by atoms with Crippen LogP contribution in [0, 0.1) is 0 Å². The average molecular weight is 258 g/mol. The Bertz CT molecular complexity index is 367. The van der Waals surface area contributed by atoms with Gasteiger partial charge >= 0.3 is 5.97 Å². The molecule has 0 spiro atoms. The Balaban J connectivity index is 0.00000256. The second-order valence-electron chi connectivity index (χ2n) is 3.66. The number of carbonyl (C=O) groups excluding carboxylic acids is 1. The van der Waals surface area contributed by atoms with Crippen LogP contribution in [-0.4, -0.2) is 22.9 Å². The van der Waals surface area contributed by atoms with Crippen LogP contribution in [0.4, 0.5) is 0 Å². The summed E-state index contributed by atoms with van der Waals surface area (Å²) in [6, 6.07) is 8.82. The van der Waals surface area contributed by atoms with Crippen LogP contribution in [-0.2, 0) is 16.0 Å². The molecule has 0 aromatic heterocycles. The molecule has 1 aromatic carbocycles. The van der Waals surface area contributed by atoms with Crippen molar-refractivity contribution in [2.75, 3.05) is 0 Å². The highest BCUT2D eigenvalue weighted by Crippen LogP contribution is 2.04. The highest BCUT2D eigenvalue weighted by atomic mass is 35.5. The lowest BCUT2D eigenvalue weighted by Gasteiger charge is -2.09. The fourth-order valence-corrected chi connectivity index (χ4v) is 1.40. The molecule has 0 aliphatic heterocycles. The Labute approximate surface area is 106 Å². The summed E-state index contributed by atoms with van der Waals surface area (Å²) in [5.41, 5.74) is 6.68.